The predicted octanol–water partition coefficient (Wildman–Crippen LogP) is 4.36. The van der Waals surface area contributed by atoms with Crippen LogP contribution in [0.25, 0.3) is 10.9 Å². The lowest BCUT2D eigenvalue weighted by Gasteiger charge is -2.38. The summed E-state index contributed by atoms with van der Waals surface area (Å²) in [5, 5.41) is 1.19. The van der Waals surface area contributed by atoms with Gasteiger partial charge in [0.05, 0.1) is 14.2 Å². The lowest BCUT2D eigenvalue weighted by Crippen LogP contribution is -2.44. The molecule has 0 aliphatic carbocycles. The maximum Gasteiger partial charge on any atom is 0.322 e. The number of rotatable bonds is 4. The highest BCUT2D eigenvalue weighted by Gasteiger charge is 2.50. The number of carbonyl (C=O) groups is 1. The fourth-order valence-corrected chi connectivity index (χ4v) is 6.17. The number of para-hydroxylation sites is 1. The van der Waals surface area contributed by atoms with E-state index in [4.69, 9.17) is 9.47 Å². The van der Waals surface area contributed by atoms with Crippen LogP contribution in [0.15, 0.2) is 42.5 Å². The van der Waals surface area contributed by atoms with E-state index in [0.29, 0.717) is 18.1 Å². The van der Waals surface area contributed by atoms with E-state index in [9.17, 15) is 4.79 Å². The number of esters is 1. The molecule has 2 aliphatic rings. The Hall–Kier alpha value is -2.99. The van der Waals surface area contributed by atoms with Crippen LogP contribution in [0.1, 0.15) is 36.1 Å². The van der Waals surface area contributed by atoms with Crippen molar-refractivity contribution in [3.05, 3.63) is 59.3 Å². The zero-order chi connectivity index (χ0) is 23.9. The van der Waals surface area contributed by atoms with Crippen molar-refractivity contribution in [1.82, 2.24) is 9.88 Å². The Morgan fingerprint density at radius 3 is 2.74 bits per heavy atom. The van der Waals surface area contributed by atoms with Crippen molar-refractivity contribution in [2.45, 2.75) is 31.1 Å². The summed E-state index contributed by atoms with van der Waals surface area (Å²) in [5.74, 6) is 0.881. The Balaban J connectivity index is 1.83. The molecule has 34 heavy (non-hydrogen) atoms. The van der Waals surface area contributed by atoms with Crippen molar-refractivity contribution in [3.8, 4) is 5.75 Å². The fraction of sp³-hybridized carbons (Fsp3) is 0.464. The molecule has 2 aliphatic heterocycles. The Morgan fingerprint density at radius 2 is 1.97 bits per heavy atom. The van der Waals surface area contributed by atoms with E-state index in [1.807, 2.05) is 31.1 Å². The Bertz CT molecular complexity index is 1200. The minimum atomic E-state index is -0.975. The molecule has 3 aromatic rings. The van der Waals surface area contributed by atoms with Crippen LogP contribution in [0, 0.1) is 5.92 Å². The van der Waals surface area contributed by atoms with Gasteiger partial charge in [0.25, 0.3) is 0 Å². The molecule has 6 nitrogen and oxygen atoms in total. The van der Waals surface area contributed by atoms with Crippen molar-refractivity contribution < 1.29 is 14.3 Å². The van der Waals surface area contributed by atoms with Gasteiger partial charge in [0.1, 0.15) is 11.2 Å². The molecule has 6 heteroatoms. The first-order valence-corrected chi connectivity index (χ1v) is 12.2. The molecular weight excluding hydrogens is 426 g/mol. The third-order valence-corrected chi connectivity index (χ3v) is 7.81. The number of ether oxygens (including phenoxy) is 2. The van der Waals surface area contributed by atoms with E-state index in [0.717, 1.165) is 61.4 Å². The van der Waals surface area contributed by atoms with Crippen LogP contribution in [0.2, 0.25) is 0 Å². The summed E-state index contributed by atoms with van der Waals surface area (Å²) in [6, 6.07) is 14.6. The molecular formula is C28H35N3O3. The van der Waals surface area contributed by atoms with Gasteiger partial charge in [0.2, 0.25) is 0 Å². The van der Waals surface area contributed by atoms with Gasteiger partial charge in [-0.25, -0.2) is 0 Å². The minimum absolute atomic E-state index is 0.227. The predicted molar refractivity (Wildman–Crippen MR) is 136 cm³/mol. The van der Waals surface area contributed by atoms with Crippen molar-refractivity contribution in [3.63, 3.8) is 0 Å². The van der Waals surface area contributed by atoms with E-state index < -0.39 is 5.41 Å². The second-order valence-electron chi connectivity index (χ2n) is 9.96. The van der Waals surface area contributed by atoms with Crippen LogP contribution < -0.4 is 9.64 Å². The molecule has 1 fully saturated rings. The maximum absolute atomic E-state index is 14.0. The van der Waals surface area contributed by atoms with E-state index in [2.05, 4.69) is 40.2 Å². The van der Waals surface area contributed by atoms with Crippen molar-refractivity contribution in [2.75, 3.05) is 52.8 Å². The van der Waals surface area contributed by atoms with E-state index in [-0.39, 0.29) is 5.97 Å². The zero-order valence-electron chi connectivity index (χ0n) is 20.7. The number of aromatic amines is 1. The molecule has 5 rings (SSSR count). The average Bonchev–Trinajstić information content (AvgIpc) is 3.25. The van der Waals surface area contributed by atoms with Gasteiger partial charge in [-0.1, -0.05) is 24.3 Å². The van der Waals surface area contributed by atoms with Crippen LogP contribution in [-0.2, 0) is 21.4 Å². The quantitative estimate of drug-likeness (QED) is 0.585. The number of fused-ring (bicyclic) bond motifs is 5. The second-order valence-corrected chi connectivity index (χ2v) is 9.96. The molecule has 0 spiro atoms. The molecule has 3 heterocycles. The Morgan fingerprint density at radius 1 is 1.15 bits per heavy atom. The topological polar surface area (TPSA) is 57.8 Å². The number of carbonyl (C=O) groups excluding carboxylic acids is 1. The van der Waals surface area contributed by atoms with Crippen molar-refractivity contribution >= 4 is 22.6 Å². The number of nitrogens with zero attached hydrogens (tertiary/aromatic N) is 2. The molecule has 1 N–H and O–H groups in total. The summed E-state index contributed by atoms with van der Waals surface area (Å²) in [5.41, 5.74) is 4.17. The number of piperidine rings is 1. The summed E-state index contributed by atoms with van der Waals surface area (Å²) in [6.45, 7) is 3.14. The number of aromatic nitrogens is 1. The van der Waals surface area contributed by atoms with Gasteiger partial charge in [-0.05, 0) is 55.8 Å². The highest BCUT2D eigenvalue weighted by Crippen LogP contribution is 2.48. The van der Waals surface area contributed by atoms with Gasteiger partial charge >= 0.3 is 5.97 Å². The van der Waals surface area contributed by atoms with Crippen molar-refractivity contribution in [2.24, 2.45) is 5.92 Å². The molecule has 2 aromatic carbocycles. The van der Waals surface area contributed by atoms with Gasteiger partial charge in [-0.2, -0.15) is 0 Å². The number of hydrogen-bond acceptors (Lipinski definition) is 5. The number of H-pyrrole nitrogens is 1. The lowest BCUT2D eigenvalue weighted by molar-refractivity contribution is -0.147. The molecule has 0 saturated carbocycles. The average molecular weight is 462 g/mol. The molecule has 0 radical (unpaired) electrons. The monoisotopic (exact) mass is 461 g/mol. The Labute approximate surface area is 201 Å². The normalized spacial score (nSPS) is 24.5. The SMILES string of the molecule is COC(=O)[C@@]1(c2ccc(N(C)C)cc2OC)C[C@@H]2CCCN(CCc3c1[nH]c1ccccc31)C2. The van der Waals surface area contributed by atoms with Crippen molar-refractivity contribution in [1.29, 1.82) is 0 Å². The Kier molecular flexibility index (Phi) is 6.02. The summed E-state index contributed by atoms with van der Waals surface area (Å²) in [4.78, 5) is 22.3. The van der Waals surface area contributed by atoms with Gasteiger partial charge in [0.15, 0.2) is 0 Å². The summed E-state index contributed by atoms with van der Waals surface area (Å²) < 4.78 is 11.6. The zero-order valence-corrected chi connectivity index (χ0v) is 20.7. The lowest BCUT2D eigenvalue weighted by atomic mass is 9.68. The standard InChI is InChI=1S/C28H35N3O3/c1-30(2)20-11-12-23(25(16-20)33-3)28(27(32)34-4)17-19-8-7-14-31(18-19)15-13-22-21-9-5-6-10-24(21)29-26(22)28/h5-6,9-12,16,19,29H,7-8,13-15,17-18H2,1-4H3/t19-,28+/m0/s1. The molecule has 1 unspecified atom stereocenters. The van der Waals surface area contributed by atoms with Crippen LogP contribution in [0.4, 0.5) is 5.69 Å². The number of hydrogen-bond donors (Lipinski definition) is 1. The van der Waals surface area contributed by atoms with Crippen LogP contribution in [0.5, 0.6) is 5.75 Å². The first kappa shape index (κ1) is 22.8. The summed E-state index contributed by atoms with van der Waals surface area (Å²) in [6.07, 6.45) is 3.85. The van der Waals surface area contributed by atoms with Gasteiger partial charge in [-0.3, -0.25) is 4.79 Å². The molecule has 1 aromatic heterocycles. The number of methoxy groups -OCH3 is 2. The molecule has 1 saturated heterocycles. The van der Waals surface area contributed by atoms with E-state index in [1.54, 1.807) is 7.11 Å². The van der Waals surface area contributed by atoms with Gasteiger partial charge in [-0.15, -0.1) is 0 Å². The van der Waals surface area contributed by atoms with Crippen LogP contribution >= 0.6 is 0 Å². The molecule has 2 bridgehead atoms. The summed E-state index contributed by atoms with van der Waals surface area (Å²) >= 11 is 0. The molecule has 180 valence electrons. The highest BCUT2D eigenvalue weighted by molar-refractivity contribution is 5.93. The minimum Gasteiger partial charge on any atom is -0.496 e. The maximum atomic E-state index is 14.0. The first-order chi connectivity index (χ1) is 16.5. The van der Waals surface area contributed by atoms with Gasteiger partial charge in [0, 0.05) is 61.1 Å². The third kappa shape index (κ3) is 3.65. The van der Waals surface area contributed by atoms with E-state index in [1.165, 1.54) is 18.1 Å². The van der Waals surface area contributed by atoms with Crippen LogP contribution in [-0.4, -0.2) is 63.8 Å². The van der Waals surface area contributed by atoms with Gasteiger partial charge < -0.3 is 24.3 Å². The number of benzene rings is 2. The smallest absolute Gasteiger partial charge is 0.322 e. The summed E-state index contributed by atoms with van der Waals surface area (Å²) in [7, 11) is 7.22. The highest BCUT2D eigenvalue weighted by atomic mass is 16.5. The number of anilines is 1. The van der Waals surface area contributed by atoms with Crippen LogP contribution in [0.3, 0.4) is 0 Å². The molecule has 0 amide bonds. The number of nitrogens with one attached hydrogen (secondary N) is 1. The largest absolute Gasteiger partial charge is 0.496 e. The third-order valence-electron chi connectivity index (χ3n) is 7.81. The fourth-order valence-electron chi connectivity index (χ4n) is 6.17. The first-order valence-electron chi connectivity index (χ1n) is 12.2. The second kappa shape index (κ2) is 8.99. The molecule has 3 atom stereocenters. The van der Waals surface area contributed by atoms with E-state index >= 15 is 0 Å².